The van der Waals surface area contributed by atoms with E-state index in [9.17, 15) is 44.7 Å². The number of ketones is 1. The van der Waals surface area contributed by atoms with Crippen LogP contribution in [0.1, 0.15) is 64.4 Å². The number of hydrogen-bond donors (Lipinski definition) is 7. The molecule has 0 aliphatic carbocycles. The van der Waals surface area contributed by atoms with Crippen molar-refractivity contribution in [3.8, 4) is 23.0 Å². The molecule has 16 nitrogen and oxygen atoms in total. The number of esters is 1. The van der Waals surface area contributed by atoms with E-state index in [2.05, 4.69) is 17.2 Å². The lowest BCUT2D eigenvalue weighted by atomic mass is 9.78. The van der Waals surface area contributed by atoms with E-state index in [1.807, 2.05) is 0 Å². The molecule has 2 amide bonds. The first-order chi connectivity index (χ1) is 26.2. The van der Waals surface area contributed by atoms with Crippen molar-refractivity contribution in [2.45, 2.75) is 85.6 Å². The largest absolute Gasteiger partial charge is 0.507 e. The highest BCUT2D eigenvalue weighted by molar-refractivity contribution is 6.24. The summed E-state index contributed by atoms with van der Waals surface area (Å²) in [4.78, 5) is 52.6. The van der Waals surface area contributed by atoms with E-state index in [0.717, 1.165) is 12.5 Å². The molecule has 5 bridgehead atoms. The number of phenols is 3. The summed E-state index contributed by atoms with van der Waals surface area (Å²) in [6, 6.07) is 0. The number of Topliss-reactive ketones (excluding diaryl/α,β-unsaturated/α-hetero) is 1. The maximum Gasteiger partial charge on any atom is 0.416 e. The van der Waals surface area contributed by atoms with Crippen LogP contribution in [0.15, 0.2) is 49.0 Å². The number of allylic oxidation sites excluding steroid dienone is 2. The summed E-state index contributed by atoms with van der Waals surface area (Å²) in [7, 11) is 1.40. The maximum absolute atomic E-state index is 14.2. The fraction of sp³-hybridized carbons (Fsp3) is 0.450. The van der Waals surface area contributed by atoms with E-state index >= 15 is 0 Å². The number of aliphatic hydroxyl groups excluding tert-OH is 2. The van der Waals surface area contributed by atoms with E-state index in [4.69, 9.17) is 23.7 Å². The molecule has 56 heavy (non-hydrogen) atoms. The van der Waals surface area contributed by atoms with Gasteiger partial charge in [0.05, 0.1) is 41.8 Å². The summed E-state index contributed by atoms with van der Waals surface area (Å²) in [6.45, 7) is 15.4. The molecule has 2 aromatic carbocycles. The number of amides is 2. The third kappa shape index (κ3) is 8.17. The Labute approximate surface area is 324 Å². The SMILES string of the molecule is C=COC(=O)Nc1c2c(O)c3c(O)c(C)c4c(c3c1O)C(=O)[C@@](C)(O/C=C/[C@H](OC)[C@@H](C)[C@@H](OC(C)=O)[C@H](C)[C@@H](O)[C@H](C)[C@@H](O)[C@H](C)/C=C/C=C(/C)C(=O)N2)O4. The number of rotatable bonds is 4. The molecule has 0 radical (unpaired) electrons. The van der Waals surface area contributed by atoms with Crippen molar-refractivity contribution in [1.29, 1.82) is 0 Å². The highest BCUT2D eigenvalue weighted by atomic mass is 16.7. The molecule has 3 aliphatic heterocycles. The first kappa shape index (κ1) is 43.2. The third-order valence-electron chi connectivity index (χ3n) is 10.4. The average Bonchev–Trinajstić information content (AvgIpc) is 3.41. The van der Waals surface area contributed by atoms with E-state index in [1.54, 1.807) is 33.8 Å². The number of aliphatic hydroxyl groups is 2. The summed E-state index contributed by atoms with van der Waals surface area (Å²) in [6.07, 6.45) is 2.67. The Bertz CT molecular complexity index is 2000. The van der Waals surface area contributed by atoms with E-state index in [0.29, 0.717) is 0 Å². The lowest BCUT2D eigenvalue weighted by molar-refractivity contribution is -0.160. The van der Waals surface area contributed by atoms with Gasteiger partial charge in [0.15, 0.2) is 5.75 Å². The van der Waals surface area contributed by atoms with Crippen LogP contribution in [-0.4, -0.2) is 86.6 Å². The molecule has 7 N–H and O–H groups in total. The van der Waals surface area contributed by atoms with Gasteiger partial charge in [0.25, 0.3) is 11.7 Å². The van der Waals surface area contributed by atoms with Crippen LogP contribution in [-0.2, 0) is 28.5 Å². The van der Waals surface area contributed by atoms with Gasteiger partial charge in [-0.3, -0.25) is 19.7 Å². The van der Waals surface area contributed by atoms with Gasteiger partial charge in [-0.15, -0.1) is 0 Å². The minimum absolute atomic E-state index is 0.0339. The van der Waals surface area contributed by atoms with Gasteiger partial charge in [0, 0.05) is 61.2 Å². The molecule has 0 spiro atoms. The minimum Gasteiger partial charge on any atom is -0.507 e. The van der Waals surface area contributed by atoms with Gasteiger partial charge < -0.3 is 54.5 Å². The summed E-state index contributed by atoms with van der Waals surface area (Å²) >= 11 is 0. The minimum atomic E-state index is -2.12. The van der Waals surface area contributed by atoms with Gasteiger partial charge in [-0.2, -0.15) is 0 Å². The maximum atomic E-state index is 14.2. The summed E-state index contributed by atoms with van der Waals surface area (Å²) in [5, 5.41) is 61.3. The zero-order valence-corrected chi connectivity index (χ0v) is 32.7. The third-order valence-corrected chi connectivity index (χ3v) is 10.4. The summed E-state index contributed by atoms with van der Waals surface area (Å²) < 4.78 is 28.0. The van der Waals surface area contributed by atoms with Crippen molar-refractivity contribution in [3.63, 3.8) is 0 Å². The second-order valence-electron chi connectivity index (χ2n) is 14.3. The number of ether oxygens (including phenoxy) is 5. The van der Waals surface area contributed by atoms with E-state index in [-0.39, 0.29) is 22.4 Å². The average molecular weight is 783 g/mol. The molecule has 304 valence electrons. The number of anilines is 2. The number of hydrogen-bond acceptors (Lipinski definition) is 14. The van der Waals surface area contributed by atoms with Crippen LogP contribution >= 0.6 is 0 Å². The molecule has 0 saturated carbocycles. The van der Waals surface area contributed by atoms with E-state index in [1.165, 1.54) is 53.0 Å². The van der Waals surface area contributed by atoms with Gasteiger partial charge in [-0.05, 0) is 19.9 Å². The van der Waals surface area contributed by atoms with Crippen LogP contribution in [0, 0.1) is 30.6 Å². The van der Waals surface area contributed by atoms with Crippen molar-refractivity contribution in [2.75, 3.05) is 17.7 Å². The molecule has 16 heteroatoms. The predicted octanol–water partition coefficient (Wildman–Crippen LogP) is 5.45. The van der Waals surface area contributed by atoms with Crippen LogP contribution in [0.3, 0.4) is 0 Å². The predicted molar refractivity (Wildman–Crippen MR) is 204 cm³/mol. The Morgan fingerprint density at radius 2 is 1.62 bits per heavy atom. The lowest BCUT2D eigenvalue weighted by Crippen LogP contribution is -2.46. The number of benzene rings is 2. The number of carbonyl (C=O) groups is 4. The molecule has 9 atom stereocenters. The quantitative estimate of drug-likeness (QED) is 0.0884. The Morgan fingerprint density at radius 1 is 0.964 bits per heavy atom. The zero-order valence-electron chi connectivity index (χ0n) is 32.7. The Hall–Kier alpha value is -5.58. The van der Waals surface area contributed by atoms with Crippen molar-refractivity contribution in [3.05, 3.63) is 60.1 Å². The number of aromatic hydroxyl groups is 3. The number of nitrogens with one attached hydrogen (secondary N) is 2. The van der Waals surface area contributed by atoms with Gasteiger partial charge in [0.2, 0.25) is 0 Å². The molecule has 0 aromatic heterocycles. The number of carbonyl (C=O) groups excluding carboxylic acids is 4. The molecule has 0 unspecified atom stereocenters. The molecular formula is C40H50N2O14. The first-order valence-corrected chi connectivity index (χ1v) is 17.9. The molecule has 2 aromatic rings. The highest BCUT2D eigenvalue weighted by Gasteiger charge is 2.50. The zero-order chi connectivity index (χ0) is 42.0. The normalized spacial score (nSPS) is 30.7. The highest BCUT2D eigenvalue weighted by Crippen LogP contribution is 2.57. The Kier molecular flexibility index (Phi) is 13.1. The van der Waals surface area contributed by atoms with Crippen LogP contribution in [0.5, 0.6) is 23.0 Å². The van der Waals surface area contributed by atoms with Crippen molar-refractivity contribution in [2.24, 2.45) is 23.7 Å². The Morgan fingerprint density at radius 3 is 2.23 bits per heavy atom. The second kappa shape index (κ2) is 17.1. The van der Waals surface area contributed by atoms with Crippen molar-refractivity contribution < 1.29 is 68.4 Å². The van der Waals surface area contributed by atoms with Crippen molar-refractivity contribution in [1.82, 2.24) is 0 Å². The number of phenolic OH excluding ortho intramolecular Hbond substituents is 3. The van der Waals surface area contributed by atoms with Crippen molar-refractivity contribution >= 4 is 45.9 Å². The fourth-order valence-corrected chi connectivity index (χ4v) is 7.05. The molecule has 5 rings (SSSR count). The van der Waals surface area contributed by atoms with Gasteiger partial charge in [-0.1, -0.05) is 52.5 Å². The first-order valence-electron chi connectivity index (χ1n) is 17.9. The molecule has 3 aliphatic rings. The van der Waals surface area contributed by atoms with Gasteiger partial charge >= 0.3 is 17.8 Å². The number of fused-ring (bicyclic) bond motifs is 14. The number of methoxy groups -OCH3 is 1. The standard InChI is InChI=1S/C40H50N2O14/c1-11-53-39(51)42-29-28-34(48)26-25(33(29)47)27-36(22(7)32(26)46)56-40(9,37(27)49)54-16-15-24(52-10)19(4)35(55-23(8)43)21(6)31(45)20(5)30(44)17(2)13-12-14-18(3)38(50)41-28/h11-17,19-21,24,30-31,35,44-48H,1H2,2-10H3,(H,41,50)(H,42,51)/b13-12+,16-15+,18-14-/t17-,19-,20-,21-,24+,30+,31+,35-,40+/m1/s1. The summed E-state index contributed by atoms with van der Waals surface area (Å²) in [5.74, 6) is -9.57. The lowest BCUT2D eigenvalue weighted by Gasteiger charge is -2.38. The fourth-order valence-electron chi connectivity index (χ4n) is 7.05. The summed E-state index contributed by atoms with van der Waals surface area (Å²) in [5.41, 5.74) is -1.45. The molecule has 3 heterocycles. The molecular weight excluding hydrogens is 732 g/mol. The van der Waals surface area contributed by atoms with Crippen LogP contribution < -0.4 is 15.4 Å². The van der Waals surface area contributed by atoms with Gasteiger partial charge in [-0.25, -0.2) is 4.79 Å². The Balaban J connectivity index is 1.98. The molecule has 0 fully saturated rings. The van der Waals surface area contributed by atoms with Gasteiger partial charge in [0.1, 0.15) is 34.7 Å². The van der Waals surface area contributed by atoms with Crippen LogP contribution in [0.25, 0.3) is 10.8 Å². The molecule has 0 saturated heterocycles. The van der Waals surface area contributed by atoms with E-state index < -0.39 is 117 Å². The topological polar surface area (TPSA) is 240 Å². The van der Waals surface area contributed by atoms with Crippen LogP contribution in [0.2, 0.25) is 0 Å². The van der Waals surface area contributed by atoms with Crippen LogP contribution in [0.4, 0.5) is 16.2 Å². The second-order valence-corrected chi connectivity index (χ2v) is 14.3. The smallest absolute Gasteiger partial charge is 0.416 e. The monoisotopic (exact) mass is 782 g/mol.